The lowest BCUT2D eigenvalue weighted by Crippen LogP contribution is -2.12. The fourth-order valence-corrected chi connectivity index (χ4v) is 2.80. The summed E-state index contributed by atoms with van der Waals surface area (Å²) in [5.41, 5.74) is 1.83. The molecule has 0 aliphatic carbocycles. The summed E-state index contributed by atoms with van der Waals surface area (Å²) in [6, 6.07) is 7.78. The summed E-state index contributed by atoms with van der Waals surface area (Å²) in [6.45, 7) is 2.25. The number of rotatable bonds is 11. The molecular formula is C19H29N3O. The number of hydrogen-bond donors (Lipinski definition) is 2. The normalized spacial score (nSPS) is 11.0. The first-order chi connectivity index (χ1) is 11.3. The van der Waals surface area contributed by atoms with Gasteiger partial charge in [-0.05, 0) is 18.6 Å². The highest BCUT2D eigenvalue weighted by Crippen LogP contribution is 2.14. The Morgan fingerprint density at radius 2 is 1.65 bits per heavy atom. The van der Waals surface area contributed by atoms with Gasteiger partial charge < -0.3 is 4.98 Å². The number of H-pyrrole nitrogens is 1. The molecule has 1 aromatic heterocycles. The molecule has 0 aliphatic rings. The van der Waals surface area contributed by atoms with Crippen LogP contribution < -0.4 is 5.32 Å². The Balaban J connectivity index is 1.55. The van der Waals surface area contributed by atoms with E-state index in [1.807, 2.05) is 24.3 Å². The zero-order valence-electron chi connectivity index (χ0n) is 14.2. The number of fused-ring (bicyclic) bond motifs is 1. The van der Waals surface area contributed by atoms with Crippen LogP contribution >= 0.6 is 0 Å². The number of para-hydroxylation sites is 2. The first-order valence-corrected chi connectivity index (χ1v) is 9.04. The minimum Gasteiger partial charge on any atom is -0.324 e. The van der Waals surface area contributed by atoms with Gasteiger partial charge in [0.2, 0.25) is 11.9 Å². The summed E-state index contributed by atoms with van der Waals surface area (Å²) < 4.78 is 0. The first-order valence-electron chi connectivity index (χ1n) is 9.04. The van der Waals surface area contributed by atoms with Crippen LogP contribution in [0, 0.1) is 0 Å². The van der Waals surface area contributed by atoms with Crippen molar-refractivity contribution in [3.05, 3.63) is 24.3 Å². The molecule has 2 aromatic rings. The van der Waals surface area contributed by atoms with Crippen LogP contribution in [0.4, 0.5) is 5.95 Å². The summed E-state index contributed by atoms with van der Waals surface area (Å²) in [6.07, 6.45) is 12.0. The number of aromatic amines is 1. The Bertz CT molecular complexity index is 558. The van der Waals surface area contributed by atoms with E-state index in [-0.39, 0.29) is 5.91 Å². The highest BCUT2D eigenvalue weighted by molar-refractivity contribution is 5.90. The van der Waals surface area contributed by atoms with E-state index in [0.29, 0.717) is 12.4 Å². The SMILES string of the molecule is CCCCCCCCCCCC(=O)Nc1nc2ccccc2[nH]1. The Morgan fingerprint density at radius 3 is 2.35 bits per heavy atom. The number of amides is 1. The lowest BCUT2D eigenvalue weighted by atomic mass is 10.1. The summed E-state index contributed by atoms with van der Waals surface area (Å²) >= 11 is 0. The third-order valence-corrected chi connectivity index (χ3v) is 4.15. The Labute approximate surface area is 139 Å². The van der Waals surface area contributed by atoms with E-state index in [2.05, 4.69) is 22.2 Å². The maximum atomic E-state index is 11.9. The van der Waals surface area contributed by atoms with Crippen molar-refractivity contribution in [3.8, 4) is 0 Å². The molecule has 23 heavy (non-hydrogen) atoms. The minimum absolute atomic E-state index is 0.0481. The maximum Gasteiger partial charge on any atom is 0.226 e. The molecule has 0 radical (unpaired) electrons. The highest BCUT2D eigenvalue weighted by atomic mass is 16.1. The zero-order chi connectivity index (χ0) is 16.3. The van der Waals surface area contributed by atoms with Gasteiger partial charge in [0.15, 0.2) is 0 Å². The third kappa shape index (κ3) is 6.43. The average molecular weight is 315 g/mol. The standard InChI is InChI=1S/C19H29N3O/c1-2-3-4-5-6-7-8-9-10-15-18(23)22-19-20-16-13-11-12-14-17(16)21-19/h11-14H,2-10,15H2,1H3,(H2,20,21,22,23). The first kappa shape index (κ1) is 17.5. The Morgan fingerprint density at radius 1 is 1.00 bits per heavy atom. The van der Waals surface area contributed by atoms with Crippen LogP contribution in [0.25, 0.3) is 11.0 Å². The van der Waals surface area contributed by atoms with Crippen molar-refractivity contribution in [1.82, 2.24) is 9.97 Å². The highest BCUT2D eigenvalue weighted by Gasteiger charge is 2.06. The predicted molar refractivity (Wildman–Crippen MR) is 96.6 cm³/mol. The van der Waals surface area contributed by atoms with Crippen LogP contribution in [0.3, 0.4) is 0 Å². The average Bonchev–Trinajstić information content (AvgIpc) is 2.95. The summed E-state index contributed by atoms with van der Waals surface area (Å²) in [5.74, 6) is 0.596. The Kier molecular flexibility index (Phi) is 7.64. The van der Waals surface area contributed by atoms with Gasteiger partial charge >= 0.3 is 0 Å². The van der Waals surface area contributed by atoms with Crippen molar-refractivity contribution >= 4 is 22.9 Å². The largest absolute Gasteiger partial charge is 0.324 e. The fourth-order valence-electron chi connectivity index (χ4n) is 2.80. The summed E-state index contributed by atoms with van der Waals surface area (Å²) in [7, 11) is 0. The molecule has 2 N–H and O–H groups in total. The number of carbonyl (C=O) groups excluding carboxylic acids is 1. The van der Waals surface area contributed by atoms with Crippen LogP contribution in [0.5, 0.6) is 0 Å². The zero-order valence-corrected chi connectivity index (χ0v) is 14.2. The van der Waals surface area contributed by atoms with E-state index in [1.54, 1.807) is 0 Å². The van der Waals surface area contributed by atoms with Crippen molar-refractivity contribution < 1.29 is 4.79 Å². The van der Waals surface area contributed by atoms with Crippen LogP contribution in [0.15, 0.2) is 24.3 Å². The predicted octanol–water partition coefficient (Wildman–Crippen LogP) is 5.42. The molecule has 0 saturated heterocycles. The van der Waals surface area contributed by atoms with Gasteiger partial charge in [-0.2, -0.15) is 0 Å². The molecule has 1 amide bonds. The molecular weight excluding hydrogens is 286 g/mol. The monoisotopic (exact) mass is 315 g/mol. The molecule has 0 fully saturated rings. The molecule has 4 nitrogen and oxygen atoms in total. The van der Waals surface area contributed by atoms with Gasteiger partial charge in [-0.3, -0.25) is 10.1 Å². The van der Waals surface area contributed by atoms with Gasteiger partial charge in [0, 0.05) is 6.42 Å². The van der Waals surface area contributed by atoms with E-state index < -0.39 is 0 Å². The quantitative estimate of drug-likeness (QED) is 0.544. The van der Waals surface area contributed by atoms with Gasteiger partial charge in [-0.1, -0.05) is 70.4 Å². The van der Waals surface area contributed by atoms with E-state index in [1.165, 1.54) is 44.9 Å². The molecule has 1 heterocycles. The molecule has 126 valence electrons. The smallest absolute Gasteiger partial charge is 0.226 e. The maximum absolute atomic E-state index is 11.9. The second kappa shape index (κ2) is 10.0. The lowest BCUT2D eigenvalue weighted by molar-refractivity contribution is -0.116. The van der Waals surface area contributed by atoms with Gasteiger partial charge in [0.05, 0.1) is 11.0 Å². The van der Waals surface area contributed by atoms with E-state index in [9.17, 15) is 4.79 Å². The molecule has 0 saturated carbocycles. The number of anilines is 1. The molecule has 1 aromatic carbocycles. The van der Waals surface area contributed by atoms with Crippen molar-refractivity contribution in [2.75, 3.05) is 5.32 Å². The number of carbonyl (C=O) groups is 1. The van der Waals surface area contributed by atoms with E-state index in [4.69, 9.17) is 0 Å². The molecule has 4 heteroatoms. The third-order valence-electron chi connectivity index (χ3n) is 4.15. The minimum atomic E-state index is 0.0481. The number of aromatic nitrogens is 2. The van der Waals surface area contributed by atoms with Crippen molar-refractivity contribution in [1.29, 1.82) is 0 Å². The topological polar surface area (TPSA) is 57.8 Å². The van der Waals surface area contributed by atoms with Crippen molar-refractivity contribution in [2.45, 2.75) is 71.1 Å². The number of nitrogens with zero attached hydrogens (tertiary/aromatic N) is 1. The van der Waals surface area contributed by atoms with Crippen LogP contribution in [0.1, 0.15) is 71.1 Å². The molecule has 0 aliphatic heterocycles. The van der Waals surface area contributed by atoms with Crippen LogP contribution in [-0.4, -0.2) is 15.9 Å². The molecule has 0 unspecified atom stereocenters. The summed E-state index contributed by atoms with van der Waals surface area (Å²) in [5, 5.41) is 2.85. The van der Waals surface area contributed by atoms with Crippen LogP contribution in [0.2, 0.25) is 0 Å². The number of benzene rings is 1. The van der Waals surface area contributed by atoms with Crippen molar-refractivity contribution in [2.24, 2.45) is 0 Å². The van der Waals surface area contributed by atoms with Gasteiger partial charge in [0.25, 0.3) is 0 Å². The van der Waals surface area contributed by atoms with E-state index in [0.717, 1.165) is 23.9 Å². The number of unbranched alkanes of at least 4 members (excludes halogenated alkanes) is 8. The second-order valence-corrected chi connectivity index (χ2v) is 6.23. The van der Waals surface area contributed by atoms with Gasteiger partial charge in [-0.15, -0.1) is 0 Å². The van der Waals surface area contributed by atoms with Crippen molar-refractivity contribution in [3.63, 3.8) is 0 Å². The summed E-state index contributed by atoms with van der Waals surface area (Å²) in [4.78, 5) is 19.4. The Hall–Kier alpha value is -1.84. The molecule has 0 spiro atoms. The number of nitrogens with one attached hydrogen (secondary N) is 2. The number of hydrogen-bond acceptors (Lipinski definition) is 2. The van der Waals surface area contributed by atoms with Gasteiger partial charge in [0.1, 0.15) is 0 Å². The number of imidazole rings is 1. The second-order valence-electron chi connectivity index (χ2n) is 6.23. The van der Waals surface area contributed by atoms with E-state index >= 15 is 0 Å². The lowest BCUT2D eigenvalue weighted by Gasteiger charge is -2.03. The van der Waals surface area contributed by atoms with Crippen LogP contribution in [-0.2, 0) is 4.79 Å². The van der Waals surface area contributed by atoms with Gasteiger partial charge in [-0.25, -0.2) is 4.98 Å². The molecule has 2 rings (SSSR count). The molecule has 0 bridgehead atoms. The molecule has 0 atom stereocenters. The fraction of sp³-hybridized carbons (Fsp3) is 0.579.